The van der Waals surface area contributed by atoms with E-state index in [0.29, 0.717) is 6.61 Å². The minimum atomic E-state index is 0.113. The highest BCUT2D eigenvalue weighted by atomic mass is 16.5. The fraction of sp³-hybridized carbons (Fsp3) is 0.375. The Morgan fingerprint density at radius 3 is 2.80 bits per heavy atom. The topological polar surface area (TPSA) is 61.0 Å². The van der Waals surface area contributed by atoms with Gasteiger partial charge in [0.15, 0.2) is 0 Å². The van der Waals surface area contributed by atoms with E-state index in [2.05, 4.69) is 16.9 Å². The number of aryl methyl sites for hydroxylation is 1. The van der Waals surface area contributed by atoms with Gasteiger partial charge in [0.05, 0.1) is 11.4 Å². The third-order valence-corrected chi connectivity index (χ3v) is 3.15. The first-order chi connectivity index (χ1) is 9.69. The molecule has 106 valence electrons. The molecule has 0 spiro atoms. The van der Waals surface area contributed by atoms with Crippen molar-refractivity contribution in [2.45, 2.75) is 39.3 Å². The lowest BCUT2D eigenvalue weighted by Gasteiger charge is -2.14. The van der Waals surface area contributed by atoms with Crippen molar-refractivity contribution in [1.29, 1.82) is 0 Å². The zero-order valence-corrected chi connectivity index (χ0v) is 12.0. The van der Waals surface area contributed by atoms with Crippen LogP contribution >= 0.6 is 0 Å². The summed E-state index contributed by atoms with van der Waals surface area (Å²) in [4.78, 5) is 8.80. The van der Waals surface area contributed by atoms with Crippen LogP contribution in [-0.2, 0) is 13.0 Å². The second-order valence-electron chi connectivity index (χ2n) is 4.88. The van der Waals surface area contributed by atoms with Crippen LogP contribution in [0.5, 0.6) is 5.75 Å². The van der Waals surface area contributed by atoms with Gasteiger partial charge in [0.2, 0.25) is 0 Å². The maximum Gasteiger partial charge on any atom is 0.141 e. The number of hydrogen-bond donors (Lipinski definition) is 1. The lowest BCUT2D eigenvalue weighted by atomic mass is 10.1. The van der Waals surface area contributed by atoms with Gasteiger partial charge in [-0.15, -0.1) is 0 Å². The molecule has 0 radical (unpaired) electrons. The molecule has 0 saturated carbocycles. The number of rotatable bonds is 6. The van der Waals surface area contributed by atoms with Crippen LogP contribution in [0.25, 0.3) is 0 Å². The number of aromatic nitrogens is 2. The third-order valence-electron chi connectivity index (χ3n) is 3.15. The van der Waals surface area contributed by atoms with Gasteiger partial charge >= 0.3 is 0 Å². The van der Waals surface area contributed by atoms with Crippen LogP contribution < -0.4 is 10.5 Å². The molecule has 2 rings (SSSR count). The smallest absolute Gasteiger partial charge is 0.141 e. The lowest BCUT2D eigenvalue weighted by Crippen LogP contribution is -2.22. The first-order valence-corrected chi connectivity index (χ1v) is 6.94. The van der Waals surface area contributed by atoms with Crippen LogP contribution in [-0.4, -0.2) is 16.0 Å². The van der Waals surface area contributed by atoms with Crippen LogP contribution in [0.2, 0.25) is 0 Å². The van der Waals surface area contributed by atoms with Crippen molar-refractivity contribution < 1.29 is 4.74 Å². The Kier molecular flexibility index (Phi) is 5.07. The summed E-state index contributed by atoms with van der Waals surface area (Å²) >= 11 is 0. The molecule has 0 fully saturated rings. The van der Waals surface area contributed by atoms with Gasteiger partial charge in [-0.1, -0.05) is 13.0 Å². The fourth-order valence-corrected chi connectivity index (χ4v) is 1.90. The first-order valence-electron chi connectivity index (χ1n) is 6.94. The molecule has 20 heavy (non-hydrogen) atoms. The monoisotopic (exact) mass is 271 g/mol. The second-order valence-corrected chi connectivity index (χ2v) is 4.88. The Labute approximate surface area is 120 Å². The van der Waals surface area contributed by atoms with Crippen molar-refractivity contribution in [2.75, 3.05) is 0 Å². The van der Waals surface area contributed by atoms with E-state index in [1.165, 1.54) is 0 Å². The molecular weight excluding hydrogens is 250 g/mol. The van der Waals surface area contributed by atoms with Crippen molar-refractivity contribution in [1.82, 2.24) is 9.97 Å². The Bertz CT molecular complexity index is 543. The summed E-state index contributed by atoms with van der Waals surface area (Å²) < 4.78 is 5.84. The molecule has 4 heteroatoms. The predicted molar refractivity (Wildman–Crippen MR) is 79.5 cm³/mol. The zero-order valence-electron chi connectivity index (χ0n) is 12.0. The maximum atomic E-state index is 6.02. The van der Waals surface area contributed by atoms with Crippen molar-refractivity contribution in [3.8, 4) is 5.75 Å². The first kappa shape index (κ1) is 14.5. The summed E-state index contributed by atoms with van der Waals surface area (Å²) in [6.45, 7) is 4.50. The summed E-state index contributed by atoms with van der Waals surface area (Å²) in [6.07, 6.45) is 3.42. The molecule has 0 aliphatic heterocycles. The molecule has 2 aromatic rings. The number of ether oxygens (including phenoxy) is 1. The van der Waals surface area contributed by atoms with Crippen molar-refractivity contribution in [3.63, 3.8) is 0 Å². The van der Waals surface area contributed by atoms with Crippen LogP contribution in [0, 0.1) is 6.92 Å². The van der Waals surface area contributed by atoms with Gasteiger partial charge in [-0.25, -0.2) is 0 Å². The third kappa shape index (κ3) is 4.03. The summed E-state index contributed by atoms with van der Waals surface area (Å²) in [7, 11) is 0. The largest absolute Gasteiger partial charge is 0.485 e. The SMILES string of the molecule is CCC(N)Cc1nc(C)ccc1OCc1ccccn1. The second kappa shape index (κ2) is 7.01. The Morgan fingerprint density at radius 2 is 2.10 bits per heavy atom. The average molecular weight is 271 g/mol. The Hall–Kier alpha value is -1.94. The van der Waals surface area contributed by atoms with E-state index in [1.807, 2.05) is 37.3 Å². The van der Waals surface area contributed by atoms with E-state index in [1.54, 1.807) is 6.20 Å². The van der Waals surface area contributed by atoms with Crippen LogP contribution in [0.1, 0.15) is 30.4 Å². The Morgan fingerprint density at radius 1 is 1.25 bits per heavy atom. The van der Waals surface area contributed by atoms with E-state index in [9.17, 15) is 0 Å². The summed E-state index contributed by atoms with van der Waals surface area (Å²) in [6, 6.07) is 9.81. The van der Waals surface area contributed by atoms with Crippen LogP contribution in [0.3, 0.4) is 0 Å². The number of nitrogens with zero attached hydrogens (tertiary/aromatic N) is 2. The quantitative estimate of drug-likeness (QED) is 0.877. The highest BCUT2D eigenvalue weighted by molar-refractivity contribution is 5.30. The molecule has 0 saturated heterocycles. The maximum absolute atomic E-state index is 6.02. The van der Waals surface area contributed by atoms with Gasteiger partial charge in [0.25, 0.3) is 0 Å². The van der Waals surface area contributed by atoms with Crippen molar-refractivity contribution in [2.24, 2.45) is 5.73 Å². The van der Waals surface area contributed by atoms with Gasteiger partial charge in [-0.3, -0.25) is 9.97 Å². The molecule has 2 N–H and O–H groups in total. The summed E-state index contributed by atoms with van der Waals surface area (Å²) in [5.41, 5.74) is 8.83. The minimum Gasteiger partial charge on any atom is -0.485 e. The van der Waals surface area contributed by atoms with Gasteiger partial charge < -0.3 is 10.5 Å². The van der Waals surface area contributed by atoms with Gasteiger partial charge in [-0.2, -0.15) is 0 Å². The highest BCUT2D eigenvalue weighted by Gasteiger charge is 2.10. The molecule has 1 atom stereocenters. The highest BCUT2D eigenvalue weighted by Crippen LogP contribution is 2.20. The molecule has 2 heterocycles. The minimum absolute atomic E-state index is 0.113. The molecule has 0 bridgehead atoms. The van der Waals surface area contributed by atoms with E-state index in [-0.39, 0.29) is 6.04 Å². The van der Waals surface area contributed by atoms with Crippen LogP contribution in [0.4, 0.5) is 0 Å². The van der Waals surface area contributed by atoms with Crippen molar-refractivity contribution in [3.05, 3.63) is 53.6 Å². The average Bonchev–Trinajstić information content (AvgIpc) is 2.47. The molecule has 0 aliphatic carbocycles. The van der Waals surface area contributed by atoms with Gasteiger partial charge in [0.1, 0.15) is 12.4 Å². The molecule has 1 unspecified atom stereocenters. The predicted octanol–water partition coefficient (Wildman–Crippen LogP) is 2.64. The molecule has 0 aliphatic rings. The molecule has 0 amide bonds. The summed E-state index contributed by atoms with van der Waals surface area (Å²) in [5, 5.41) is 0. The fourth-order valence-electron chi connectivity index (χ4n) is 1.90. The van der Waals surface area contributed by atoms with Gasteiger partial charge in [0, 0.05) is 24.4 Å². The number of pyridine rings is 2. The standard InChI is InChI=1S/C16H21N3O/c1-3-13(17)10-15-16(8-7-12(2)19-15)20-11-14-6-4-5-9-18-14/h4-9,13H,3,10-11,17H2,1-2H3. The lowest BCUT2D eigenvalue weighted by molar-refractivity contribution is 0.295. The van der Waals surface area contributed by atoms with E-state index >= 15 is 0 Å². The molecule has 0 aromatic carbocycles. The zero-order chi connectivity index (χ0) is 14.4. The normalized spacial score (nSPS) is 12.2. The van der Waals surface area contributed by atoms with Gasteiger partial charge in [-0.05, 0) is 37.6 Å². The molecular formula is C16H21N3O. The van der Waals surface area contributed by atoms with E-state index in [0.717, 1.165) is 35.7 Å². The van der Waals surface area contributed by atoms with E-state index in [4.69, 9.17) is 10.5 Å². The number of nitrogens with two attached hydrogens (primary N) is 1. The van der Waals surface area contributed by atoms with E-state index < -0.39 is 0 Å². The summed E-state index contributed by atoms with van der Waals surface area (Å²) in [5.74, 6) is 0.796. The molecule has 4 nitrogen and oxygen atoms in total. The molecule has 2 aromatic heterocycles. The van der Waals surface area contributed by atoms with Crippen LogP contribution in [0.15, 0.2) is 36.5 Å². The number of hydrogen-bond acceptors (Lipinski definition) is 4. The van der Waals surface area contributed by atoms with Crippen molar-refractivity contribution >= 4 is 0 Å². The Balaban J connectivity index is 2.10.